The molecule has 0 amide bonds. The Morgan fingerprint density at radius 1 is 1.42 bits per heavy atom. The molecule has 1 aliphatic heterocycles. The Balaban J connectivity index is 1.97. The first-order chi connectivity index (χ1) is 9.04. The standard InChI is InChI=1S/C12H19BrN2O2S2/c1-2-14-9-10-5-7-15(8-6-10)19(16,17)12-4-3-11(13)18-12/h3-4,10,14H,2,5-9H2,1H3. The summed E-state index contributed by atoms with van der Waals surface area (Å²) >= 11 is 4.59. The van der Waals surface area contributed by atoms with Gasteiger partial charge in [0.2, 0.25) is 0 Å². The number of thiophene rings is 1. The molecule has 0 saturated carbocycles. The van der Waals surface area contributed by atoms with Gasteiger partial charge in [-0.05, 0) is 59.9 Å². The highest BCUT2D eigenvalue weighted by molar-refractivity contribution is 9.11. The number of sulfonamides is 1. The van der Waals surface area contributed by atoms with E-state index in [1.165, 1.54) is 11.3 Å². The van der Waals surface area contributed by atoms with Crippen molar-refractivity contribution in [2.75, 3.05) is 26.2 Å². The molecule has 4 nitrogen and oxygen atoms in total. The highest BCUT2D eigenvalue weighted by Gasteiger charge is 2.30. The van der Waals surface area contributed by atoms with E-state index in [1.807, 2.05) is 0 Å². The number of piperidine rings is 1. The summed E-state index contributed by atoms with van der Waals surface area (Å²) in [5.41, 5.74) is 0. The number of rotatable bonds is 5. The van der Waals surface area contributed by atoms with E-state index >= 15 is 0 Å². The molecule has 7 heteroatoms. The highest BCUT2D eigenvalue weighted by Crippen LogP contribution is 2.30. The van der Waals surface area contributed by atoms with Crippen molar-refractivity contribution in [2.24, 2.45) is 5.92 Å². The molecule has 19 heavy (non-hydrogen) atoms. The lowest BCUT2D eigenvalue weighted by Gasteiger charge is -2.30. The fourth-order valence-electron chi connectivity index (χ4n) is 2.27. The van der Waals surface area contributed by atoms with Crippen LogP contribution in [0.2, 0.25) is 0 Å². The summed E-state index contributed by atoms with van der Waals surface area (Å²) < 4.78 is 27.8. The van der Waals surface area contributed by atoms with Crippen molar-refractivity contribution in [3.05, 3.63) is 15.9 Å². The summed E-state index contributed by atoms with van der Waals surface area (Å²) in [5.74, 6) is 0.599. The fraction of sp³-hybridized carbons (Fsp3) is 0.667. The van der Waals surface area contributed by atoms with Crippen LogP contribution >= 0.6 is 27.3 Å². The predicted molar refractivity (Wildman–Crippen MR) is 82.0 cm³/mol. The Kier molecular flexibility index (Phi) is 5.42. The van der Waals surface area contributed by atoms with E-state index in [-0.39, 0.29) is 0 Å². The Morgan fingerprint density at radius 3 is 2.63 bits per heavy atom. The van der Waals surface area contributed by atoms with Gasteiger partial charge in [0, 0.05) is 13.1 Å². The normalized spacial score (nSPS) is 18.8. The Labute approximate surface area is 127 Å². The second-order valence-corrected chi connectivity index (χ2v) is 9.34. The van der Waals surface area contributed by atoms with Crippen LogP contribution in [0.5, 0.6) is 0 Å². The van der Waals surface area contributed by atoms with Gasteiger partial charge in [0.1, 0.15) is 4.21 Å². The molecule has 108 valence electrons. The van der Waals surface area contributed by atoms with E-state index in [0.29, 0.717) is 23.2 Å². The highest BCUT2D eigenvalue weighted by atomic mass is 79.9. The van der Waals surface area contributed by atoms with E-state index in [4.69, 9.17) is 0 Å². The van der Waals surface area contributed by atoms with Crippen LogP contribution in [0.4, 0.5) is 0 Å². The molecule has 2 rings (SSSR count). The molecule has 0 radical (unpaired) electrons. The quantitative estimate of drug-likeness (QED) is 0.870. The van der Waals surface area contributed by atoms with E-state index in [0.717, 1.165) is 29.7 Å². The number of nitrogens with zero attached hydrogens (tertiary/aromatic N) is 1. The average Bonchev–Trinajstić information content (AvgIpc) is 2.84. The van der Waals surface area contributed by atoms with Crippen LogP contribution in [0.15, 0.2) is 20.1 Å². The molecule has 1 saturated heterocycles. The first-order valence-corrected chi connectivity index (χ1v) is 9.55. The molecule has 2 heterocycles. The zero-order valence-corrected chi connectivity index (χ0v) is 14.2. The van der Waals surface area contributed by atoms with Gasteiger partial charge in [0.25, 0.3) is 10.0 Å². The molecular formula is C12H19BrN2O2S2. The fourth-order valence-corrected chi connectivity index (χ4v) is 5.90. The van der Waals surface area contributed by atoms with Crippen LogP contribution < -0.4 is 5.32 Å². The van der Waals surface area contributed by atoms with Gasteiger partial charge in [-0.3, -0.25) is 0 Å². The third kappa shape index (κ3) is 3.78. The van der Waals surface area contributed by atoms with Gasteiger partial charge in [-0.15, -0.1) is 11.3 Å². The molecule has 0 aromatic carbocycles. The maximum atomic E-state index is 12.4. The number of halogens is 1. The van der Waals surface area contributed by atoms with Gasteiger partial charge in [-0.25, -0.2) is 8.42 Å². The molecule has 0 atom stereocenters. The monoisotopic (exact) mass is 366 g/mol. The van der Waals surface area contributed by atoms with Gasteiger partial charge in [0.15, 0.2) is 0 Å². The summed E-state index contributed by atoms with van der Waals surface area (Å²) in [7, 11) is -3.28. The number of nitrogens with one attached hydrogen (secondary N) is 1. The smallest absolute Gasteiger partial charge is 0.252 e. The Morgan fingerprint density at radius 2 is 2.11 bits per heavy atom. The SMILES string of the molecule is CCNCC1CCN(S(=O)(=O)c2ccc(Br)s2)CC1. The van der Waals surface area contributed by atoms with Crippen LogP contribution in [0.25, 0.3) is 0 Å². The molecular weight excluding hydrogens is 348 g/mol. The van der Waals surface area contributed by atoms with E-state index in [1.54, 1.807) is 16.4 Å². The first-order valence-electron chi connectivity index (χ1n) is 6.50. The zero-order valence-electron chi connectivity index (χ0n) is 10.9. The van der Waals surface area contributed by atoms with Gasteiger partial charge >= 0.3 is 0 Å². The topological polar surface area (TPSA) is 49.4 Å². The van der Waals surface area contributed by atoms with Crippen LogP contribution in [-0.4, -0.2) is 38.9 Å². The third-order valence-electron chi connectivity index (χ3n) is 3.40. The van der Waals surface area contributed by atoms with Gasteiger partial charge in [0.05, 0.1) is 3.79 Å². The van der Waals surface area contributed by atoms with Crippen LogP contribution in [-0.2, 0) is 10.0 Å². The lowest BCUT2D eigenvalue weighted by atomic mass is 9.98. The summed E-state index contributed by atoms with van der Waals surface area (Å²) in [6.07, 6.45) is 1.89. The number of hydrogen-bond acceptors (Lipinski definition) is 4. The first kappa shape index (κ1) is 15.4. The average molecular weight is 367 g/mol. The molecule has 0 aliphatic carbocycles. The van der Waals surface area contributed by atoms with Crippen molar-refractivity contribution in [1.82, 2.24) is 9.62 Å². The Hall–Kier alpha value is 0.0500. The third-order valence-corrected chi connectivity index (χ3v) is 7.39. The van der Waals surface area contributed by atoms with Crippen molar-refractivity contribution in [3.63, 3.8) is 0 Å². The minimum absolute atomic E-state index is 0.435. The zero-order chi connectivity index (χ0) is 13.9. The molecule has 0 unspecified atom stereocenters. The minimum atomic E-state index is -3.28. The summed E-state index contributed by atoms with van der Waals surface area (Å²) in [5, 5.41) is 3.33. The van der Waals surface area contributed by atoms with Crippen molar-refractivity contribution >= 4 is 37.3 Å². The molecule has 1 fully saturated rings. The summed E-state index contributed by atoms with van der Waals surface area (Å²) in [6, 6.07) is 3.46. The minimum Gasteiger partial charge on any atom is -0.317 e. The second kappa shape index (κ2) is 6.67. The molecule has 0 spiro atoms. The van der Waals surface area contributed by atoms with Crippen molar-refractivity contribution in [3.8, 4) is 0 Å². The van der Waals surface area contributed by atoms with Crippen LogP contribution in [0, 0.1) is 5.92 Å². The summed E-state index contributed by atoms with van der Waals surface area (Å²) in [4.78, 5) is 0. The van der Waals surface area contributed by atoms with Gasteiger partial charge in [-0.1, -0.05) is 6.92 Å². The predicted octanol–water partition coefficient (Wildman–Crippen LogP) is 2.52. The largest absolute Gasteiger partial charge is 0.317 e. The maximum Gasteiger partial charge on any atom is 0.252 e. The molecule has 1 aliphatic rings. The van der Waals surface area contributed by atoms with E-state index in [9.17, 15) is 8.42 Å². The summed E-state index contributed by atoms with van der Waals surface area (Å²) in [6.45, 7) is 5.33. The molecule has 1 aromatic rings. The van der Waals surface area contributed by atoms with Gasteiger partial charge in [-0.2, -0.15) is 4.31 Å². The van der Waals surface area contributed by atoms with Crippen molar-refractivity contribution in [1.29, 1.82) is 0 Å². The van der Waals surface area contributed by atoms with Crippen LogP contribution in [0.1, 0.15) is 19.8 Å². The number of hydrogen-bond donors (Lipinski definition) is 1. The van der Waals surface area contributed by atoms with Crippen LogP contribution in [0.3, 0.4) is 0 Å². The van der Waals surface area contributed by atoms with Crippen molar-refractivity contribution in [2.45, 2.75) is 24.0 Å². The molecule has 1 aromatic heterocycles. The van der Waals surface area contributed by atoms with Gasteiger partial charge < -0.3 is 5.32 Å². The van der Waals surface area contributed by atoms with Crippen molar-refractivity contribution < 1.29 is 8.42 Å². The molecule has 0 bridgehead atoms. The van der Waals surface area contributed by atoms with E-state index < -0.39 is 10.0 Å². The lowest BCUT2D eigenvalue weighted by molar-refractivity contribution is 0.269. The maximum absolute atomic E-state index is 12.4. The molecule has 1 N–H and O–H groups in total. The Bertz CT molecular complexity index is 508. The second-order valence-electron chi connectivity index (χ2n) is 4.71. The van der Waals surface area contributed by atoms with E-state index in [2.05, 4.69) is 28.2 Å². The lowest BCUT2D eigenvalue weighted by Crippen LogP contribution is -2.40.